The summed E-state index contributed by atoms with van der Waals surface area (Å²) in [7, 11) is 1.31. The molecule has 2 aromatic carbocycles. The summed E-state index contributed by atoms with van der Waals surface area (Å²) in [5, 5.41) is 0.900. The average Bonchev–Trinajstić information content (AvgIpc) is 3.26. The molecule has 1 aliphatic rings. The van der Waals surface area contributed by atoms with Crippen LogP contribution in [-0.2, 0) is 20.7 Å². The minimum absolute atomic E-state index is 0.160. The van der Waals surface area contributed by atoms with E-state index >= 15 is 0 Å². The van der Waals surface area contributed by atoms with Crippen LogP contribution in [0.2, 0.25) is 5.02 Å². The van der Waals surface area contributed by atoms with E-state index in [4.69, 9.17) is 28.6 Å². The molecular formula is C27H26ClN3O3S. The van der Waals surface area contributed by atoms with E-state index in [2.05, 4.69) is 11.5 Å². The van der Waals surface area contributed by atoms with E-state index in [0.29, 0.717) is 16.4 Å². The lowest BCUT2D eigenvalue weighted by Gasteiger charge is -2.19. The third-order valence-corrected chi connectivity index (χ3v) is 6.76. The van der Waals surface area contributed by atoms with Crippen molar-refractivity contribution in [2.24, 2.45) is 0 Å². The van der Waals surface area contributed by atoms with Crippen molar-refractivity contribution in [3.8, 4) is 5.69 Å². The lowest BCUT2D eigenvalue weighted by molar-refractivity contribution is -0.140. The summed E-state index contributed by atoms with van der Waals surface area (Å²) in [6.45, 7) is 5.89. The van der Waals surface area contributed by atoms with Crippen molar-refractivity contribution in [2.45, 2.75) is 27.2 Å². The maximum atomic E-state index is 13.6. The maximum Gasteiger partial charge on any atom is 0.325 e. The molecule has 3 aromatic rings. The lowest BCUT2D eigenvalue weighted by Crippen LogP contribution is -2.35. The molecule has 0 atom stereocenters. The van der Waals surface area contributed by atoms with Crippen molar-refractivity contribution < 1.29 is 14.3 Å². The number of rotatable bonds is 6. The number of halogens is 1. The number of nitrogens with zero attached hydrogens (tertiary/aromatic N) is 3. The summed E-state index contributed by atoms with van der Waals surface area (Å²) in [6.07, 6.45) is 2.67. The Hall–Kier alpha value is -3.42. The number of amides is 1. The van der Waals surface area contributed by atoms with Gasteiger partial charge in [-0.1, -0.05) is 30.7 Å². The van der Waals surface area contributed by atoms with Gasteiger partial charge in [0.1, 0.15) is 12.2 Å². The van der Waals surface area contributed by atoms with Crippen molar-refractivity contribution in [1.29, 1.82) is 0 Å². The van der Waals surface area contributed by atoms with Gasteiger partial charge in [0.25, 0.3) is 5.91 Å². The standard InChI is InChI=1S/C27H26ClN3O3S/c1-5-19-6-10-23(11-7-19)31-26(33)24(29(27(31)35)16-25(32)34-4)15-20-14-17(2)30(18(20)3)22-12-8-21(28)9-13-22/h6-15H,5,16H2,1-4H3/b24-15-. The van der Waals surface area contributed by atoms with Gasteiger partial charge in [-0.05, 0) is 92.2 Å². The number of thiocarbonyl (C=S) groups is 1. The topological polar surface area (TPSA) is 54.8 Å². The second kappa shape index (κ2) is 10.1. The van der Waals surface area contributed by atoms with Gasteiger partial charge in [-0.3, -0.25) is 14.5 Å². The first kappa shape index (κ1) is 24.7. The van der Waals surface area contributed by atoms with Crippen LogP contribution >= 0.6 is 23.8 Å². The van der Waals surface area contributed by atoms with Gasteiger partial charge in [0.15, 0.2) is 5.11 Å². The fourth-order valence-electron chi connectivity index (χ4n) is 4.20. The van der Waals surface area contributed by atoms with E-state index in [1.54, 1.807) is 6.08 Å². The van der Waals surface area contributed by atoms with Crippen LogP contribution in [0.4, 0.5) is 5.69 Å². The van der Waals surface area contributed by atoms with Crippen LogP contribution in [0.1, 0.15) is 29.4 Å². The molecule has 6 nitrogen and oxygen atoms in total. The number of ether oxygens (including phenoxy) is 1. The molecule has 35 heavy (non-hydrogen) atoms. The molecule has 2 heterocycles. The number of carbonyl (C=O) groups is 2. The van der Waals surface area contributed by atoms with E-state index in [9.17, 15) is 9.59 Å². The Morgan fingerprint density at radius 2 is 1.69 bits per heavy atom. The molecular weight excluding hydrogens is 482 g/mol. The molecule has 0 spiro atoms. The van der Waals surface area contributed by atoms with Gasteiger partial charge in [0.05, 0.1) is 12.8 Å². The molecule has 4 rings (SSSR count). The smallest absolute Gasteiger partial charge is 0.325 e. The first-order chi connectivity index (χ1) is 16.7. The van der Waals surface area contributed by atoms with Gasteiger partial charge in [-0.15, -0.1) is 0 Å². The van der Waals surface area contributed by atoms with Gasteiger partial charge in [0.2, 0.25) is 0 Å². The van der Waals surface area contributed by atoms with Crippen LogP contribution < -0.4 is 4.90 Å². The lowest BCUT2D eigenvalue weighted by atomic mass is 10.1. The molecule has 0 saturated carbocycles. The van der Waals surface area contributed by atoms with E-state index < -0.39 is 5.97 Å². The highest BCUT2D eigenvalue weighted by Gasteiger charge is 2.40. The normalized spacial score (nSPS) is 14.8. The summed E-state index contributed by atoms with van der Waals surface area (Å²) in [6, 6.07) is 17.3. The fourth-order valence-corrected chi connectivity index (χ4v) is 4.68. The number of hydrogen-bond donors (Lipinski definition) is 0. The Bertz CT molecular complexity index is 1330. The third kappa shape index (κ3) is 4.74. The summed E-state index contributed by atoms with van der Waals surface area (Å²) < 4.78 is 6.96. The van der Waals surface area contributed by atoms with Gasteiger partial charge in [-0.2, -0.15) is 0 Å². The van der Waals surface area contributed by atoms with Gasteiger partial charge >= 0.3 is 5.97 Å². The molecule has 0 aliphatic carbocycles. The molecule has 0 radical (unpaired) electrons. The number of hydrogen-bond acceptors (Lipinski definition) is 4. The summed E-state index contributed by atoms with van der Waals surface area (Å²) in [5.41, 5.74) is 5.88. The van der Waals surface area contributed by atoms with Crippen LogP contribution in [0.25, 0.3) is 11.8 Å². The van der Waals surface area contributed by atoms with Gasteiger partial charge < -0.3 is 14.2 Å². The largest absolute Gasteiger partial charge is 0.468 e. The van der Waals surface area contributed by atoms with Crippen LogP contribution in [-0.4, -0.2) is 40.1 Å². The van der Waals surface area contributed by atoms with Crippen molar-refractivity contribution in [2.75, 3.05) is 18.6 Å². The summed E-state index contributed by atoms with van der Waals surface area (Å²) in [4.78, 5) is 28.8. The molecule has 1 aromatic heterocycles. The van der Waals surface area contributed by atoms with Gasteiger partial charge in [0, 0.05) is 22.1 Å². The van der Waals surface area contributed by atoms with E-state index in [0.717, 1.165) is 34.6 Å². The van der Waals surface area contributed by atoms with Crippen LogP contribution in [0.15, 0.2) is 60.3 Å². The zero-order chi connectivity index (χ0) is 25.3. The maximum absolute atomic E-state index is 13.6. The molecule has 0 N–H and O–H groups in total. The summed E-state index contributed by atoms with van der Waals surface area (Å²) in [5.74, 6) is -0.777. The summed E-state index contributed by atoms with van der Waals surface area (Å²) >= 11 is 11.7. The molecule has 1 saturated heterocycles. The number of esters is 1. The number of carbonyl (C=O) groups excluding carboxylic acids is 2. The predicted molar refractivity (Wildman–Crippen MR) is 143 cm³/mol. The molecule has 1 amide bonds. The number of aryl methyl sites for hydroxylation is 2. The van der Waals surface area contributed by atoms with Crippen LogP contribution in [0.5, 0.6) is 0 Å². The minimum Gasteiger partial charge on any atom is -0.468 e. The molecule has 0 bridgehead atoms. The Balaban J connectivity index is 1.78. The predicted octanol–water partition coefficient (Wildman–Crippen LogP) is 5.46. The third-order valence-electron chi connectivity index (χ3n) is 6.10. The van der Waals surface area contributed by atoms with Crippen LogP contribution in [0, 0.1) is 13.8 Å². The highest BCUT2D eigenvalue weighted by atomic mass is 35.5. The van der Waals surface area contributed by atoms with Crippen molar-refractivity contribution in [3.05, 3.63) is 87.8 Å². The average molecular weight is 508 g/mol. The molecule has 180 valence electrons. The zero-order valence-electron chi connectivity index (χ0n) is 20.0. The van der Waals surface area contributed by atoms with Crippen LogP contribution in [0.3, 0.4) is 0 Å². The number of methoxy groups -OCH3 is 1. The number of benzene rings is 2. The Labute approximate surface area is 215 Å². The van der Waals surface area contributed by atoms with Crippen molar-refractivity contribution in [3.63, 3.8) is 0 Å². The van der Waals surface area contributed by atoms with E-state index in [1.165, 1.54) is 16.9 Å². The first-order valence-electron chi connectivity index (χ1n) is 11.2. The second-order valence-electron chi connectivity index (χ2n) is 8.27. The molecule has 8 heteroatoms. The Kier molecular flexibility index (Phi) is 7.10. The van der Waals surface area contributed by atoms with Crippen molar-refractivity contribution >= 4 is 52.6 Å². The first-order valence-corrected chi connectivity index (χ1v) is 12.0. The highest BCUT2D eigenvalue weighted by Crippen LogP contribution is 2.31. The quantitative estimate of drug-likeness (QED) is 0.252. The fraction of sp³-hybridized carbons (Fsp3) is 0.222. The van der Waals surface area contributed by atoms with E-state index in [1.807, 2.05) is 68.4 Å². The van der Waals surface area contributed by atoms with E-state index in [-0.39, 0.29) is 17.6 Å². The second-order valence-corrected chi connectivity index (χ2v) is 9.07. The zero-order valence-corrected chi connectivity index (χ0v) is 21.6. The SMILES string of the molecule is CCc1ccc(N2C(=O)/C(=C/c3cc(C)n(-c4ccc(Cl)cc4)c3C)N(CC(=O)OC)C2=S)cc1. The number of aromatic nitrogens is 1. The monoisotopic (exact) mass is 507 g/mol. The van der Waals surface area contributed by atoms with Crippen molar-refractivity contribution in [1.82, 2.24) is 9.47 Å². The highest BCUT2D eigenvalue weighted by molar-refractivity contribution is 7.80. The minimum atomic E-state index is -0.485. The Morgan fingerprint density at radius 3 is 2.29 bits per heavy atom. The molecule has 0 unspecified atom stereocenters. The number of anilines is 1. The Morgan fingerprint density at radius 1 is 1.06 bits per heavy atom. The van der Waals surface area contributed by atoms with Gasteiger partial charge in [-0.25, -0.2) is 0 Å². The molecule has 1 aliphatic heterocycles. The molecule has 1 fully saturated rings.